The standard InChI is InChI=1S/C15H21FN2O2/c1-3-20-14-5-4-12(10-13(14)16)17-15(19)18-8-6-11(2)7-9-18/h4-5,10-11H,3,6-9H2,1-2H3,(H,17,19). The summed E-state index contributed by atoms with van der Waals surface area (Å²) >= 11 is 0. The third-order valence-electron chi connectivity index (χ3n) is 3.55. The number of halogens is 1. The molecule has 0 saturated carbocycles. The molecule has 1 heterocycles. The maximum Gasteiger partial charge on any atom is 0.321 e. The first-order valence-electron chi connectivity index (χ1n) is 7.08. The molecule has 1 N–H and O–H groups in total. The van der Waals surface area contributed by atoms with E-state index < -0.39 is 5.82 Å². The van der Waals surface area contributed by atoms with Crippen LogP contribution in [0, 0.1) is 11.7 Å². The number of nitrogens with zero attached hydrogens (tertiary/aromatic N) is 1. The Kier molecular flexibility index (Phi) is 4.82. The summed E-state index contributed by atoms with van der Waals surface area (Å²) in [6, 6.07) is 4.31. The number of urea groups is 1. The van der Waals surface area contributed by atoms with E-state index in [0.717, 1.165) is 25.9 Å². The van der Waals surface area contributed by atoms with Gasteiger partial charge in [0.1, 0.15) is 0 Å². The molecule has 4 nitrogen and oxygen atoms in total. The van der Waals surface area contributed by atoms with E-state index in [9.17, 15) is 9.18 Å². The highest BCUT2D eigenvalue weighted by molar-refractivity contribution is 5.89. The minimum Gasteiger partial charge on any atom is -0.491 e. The van der Waals surface area contributed by atoms with Crippen molar-refractivity contribution in [1.82, 2.24) is 4.90 Å². The number of anilines is 1. The molecule has 1 aliphatic rings. The van der Waals surface area contributed by atoms with Gasteiger partial charge in [0, 0.05) is 24.8 Å². The fourth-order valence-electron chi connectivity index (χ4n) is 2.27. The number of ether oxygens (including phenoxy) is 1. The first-order valence-corrected chi connectivity index (χ1v) is 7.08. The second-order valence-corrected chi connectivity index (χ2v) is 5.18. The van der Waals surface area contributed by atoms with E-state index in [0.29, 0.717) is 18.2 Å². The molecule has 0 unspecified atom stereocenters. The summed E-state index contributed by atoms with van der Waals surface area (Å²) in [6.45, 7) is 5.91. The summed E-state index contributed by atoms with van der Waals surface area (Å²) in [5.74, 6) is 0.413. The van der Waals surface area contributed by atoms with Crippen molar-refractivity contribution in [3.8, 4) is 5.75 Å². The number of nitrogens with one attached hydrogen (secondary N) is 1. The molecule has 2 rings (SSSR count). The second-order valence-electron chi connectivity index (χ2n) is 5.18. The number of amides is 2. The summed E-state index contributed by atoms with van der Waals surface area (Å²) in [7, 11) is 0. The minimum atomic E-state index is -0.461. The molecule has 0 radical (unpaired) electrons. The van der Waals surface area contributed by atoms with Gasteiger partial charge in [0.05, 0.1) is 6.61 Å². The van der Waals surface area contributed by atoms with Crippen molar-refractivity contribution in [3.63, 3.8) is 0 Å². The van der Waals surface area contributed by atoms with Crippen molar-refractivity contribution in [3.05, 3.63) is 24.0 Å². The van der Waals surface area contributed by atoms with Crippen LogP contribution in [0.15, 0.2) is 18.2 Å². The SMILES string of the molecule is CCOc1ccc(NC(=O)N2CCC(C)CC2)cc1F. The van der Waals surface area contributed by atoms with Gasteiger partial charge in [-0.15, -0.1) is 0 Å². The van der Waals surface area contributed by atoms with Crippen LogP contribution in [0.3, 0.4) is 0 Å². The fourth-order valence-corrected chi connectivity index (χ4v) is 2.27. The van der Waals surface area contributed by atoms with Gasteiger partial charge in [0.2, 0.25) is 0 Å². The number of piperidine rings is 1. The first-order chi connectivity index (χ1) is 9.60. The average Bonchev–Trinajstić information content (AvgIpc) is 2.42. The molecule has 0 aliphatic carbocycles. The van der Waals surface area contributed by atoms with Crippen LogP contribution in [0.2, 0.25) is 0 Å². The quantitative estimate of drug-likeness (QED) is 0.921. The van der Waals surface area contributed by atoms with E-state index >= 15 is 0 Å². The minimum absolute atomic E-state index is 0.166. The Hall–Kier alpha value is -1.78. The molecule has 110 valence electrons. The van der Waals surface area contributed by atoms with Crippen molar-refractivity contribution in [2.24, 2.45) is 5.92 Å². The van der Waals surface area contributed by atoms with Gasteiger partial charge in [-0.3, -0.25) is 0 Å². The Balaban J connectivity index is 1.95. The summed E-state index contributed by atoms with van der Waals surface area (Å²) in [5, 5.41) is 2.73. The fraction of sp³-hybridized carbons (Fsp3) is 0.533. The van der Waals surface area contributed by atoms with Crippen LogP contribution < -0.4 is 10.1 Å². The van der Waals surface area contributed by atoms with Gasteiger partial charge in [0.25, 0.3) is 0 Å². The highest BCUT2D eigenvalue weighted by atomic mass is 19.1. The Bertz CT molecular complexity index is 471. The highest BCUT2D eigenvalue weighted by Gasteiger charge is 2.20. The van der Waals surface area contributed by atoms with Gasteiger partial charge < -0.3 is 15.0 Å². The summed E-state index contributed by atoms with van der Waals surface area (Å²) in [6.07, 6.45) is 2.04. The lowest BCUT2D eigenvalue weighted by Gasteiger charge is -2.30. The monoisotopic (exact) mass is 280 g/mol. The molecule has 1 saturated heterocycles. The Morgan fingerprint density at radius 2 is 2.15 bits per heavy atom. The molecule has 1 fully saturated rings. The molecule has 1 aromatic rings. The zero-order valence-corrected chi connectivity index (χ0v) is 12.0. The molecular weight excluding hydrogens is 259 g/mol. The Morgan fingerprint density at radius 3 is 2.75 bits per heavy atom. The van der Waals surface area contributed by atoms with E-state index in [1.807, 2.05) is 0 Å². The van der Waals surface area contributed by atoms with E-state index in [-0.39, 0.29) is 11.8 Å². The number of carbonyl (C=O) groups excluding carboxylic acids is 1. The van der Waals surface area contributed by atoms with Crippen molar-refractivity contribution in [1.29, 1.82) is 0 Å². The maximum absolute atomic E-state index is 13.7. The van der Waals surface area contributed by atoms with Crippen LogP contribution in [0.5, 0.6) is 5.75 Å². The zero-order valence-electron chi connectivity index (χ0n) is 12.0. The third-order valence-corrected chi connectivity index (χ3v) is 3.55. The zero-order chi connectivity index (χ0) is 14.5. The highest BCUT2D eigenvalue weighted by Crippen LogP contribution is 2.22. The molecule has 1 aromatic carbocycles. The molecule has 0 aromatic heterocycles. The van der Waals surface area contributed by atoms with Crippen molar-refractivity contribution >= 4 is 11.7 Å². The van der Waals surface area contributed by atoms with Gasteiger partial charge in [-0.05, 0) is 37.8 Å². The molecule has 1 aliphatic heterocycles. The number of hydrogen-bond donors (Lipinski definition) is 1. The third kappa shape index (κ3) is 3.62. The predicted molar refractivity (Wildman–Crippen MR) is 76.6 cm³/mol. The van der Waals surface area contributed by atoms with E-state index in [1.165, 1.54) is 12.1 Å². The Labute approximate surface area is 118 Å². The number of rotatable bonds is 3. The molecule has 20 heavy (non-hydrogen) atoms. The van der Waals surface area contributed by atoms with Gasteiger partial charge in [-0.2, -0.15) is 0 Å². The van der Waals surface area contributed by atoms with Crippen molar-refractivity contribution in [2.75, 3.05) is 25.0 Å². The van der Waals surface area contributed by atoms with Crippen LogP contribution in [0.1, 0.15) is 26.7 Å². The maximum atomic E-state index is 13.7. The lowest BCUT2D eigenvalue weighted by molar-refractivity contribution is 0.186. The van der Waals surface area contributed by atoms with Crippen LogP contribution >= 0.6 is 0 Å². The smallest absolute Gasteiger partial charge is 0.321 e. The lowest BCUT2D eigenvalue weighted by Crippen LogP contribution is -2.40. The number of carbonyl (C=O) groups is 1. The molecule has 2 amide bonds. The van der Waals surface area contributed by atoms with E-state index in [4.69, 9.17) is 4.74 Å². The van der Waals surface area contributed by atoms with Crippen molar-refractivity contribution in [2.45, 2.75) is 26.7 Å². The summed E-state index contributed by atoms with van der Waals surface area (Å²) < 4.78 is 18.8. The first kappa shape index (κ1) is 14.6. The molecule has 0 bridgehead atoms. The molecular formula is C15H21FN2O2. The predicted octanol–water partition coefficient (Wildman–Crippen LogP) is 3.49. The van der Waals surface area contributed by atoms with Gasteiger partial charge in [-0.1, -0.05) is 6.92 Å². The normalized spacial score (nSPS) is 16.1. The van der Waals surface area contributed by atoms with Crippen molar-refractivity contribution < 1.29 is 13.9 Å². The van der Waals surface area contributed by atoms with Crippen LogP contribution in [0.25, 0.3) is 0 Å². The second kappa shape index (κ2) is 6.59. The summed E-state index contributed by atoms with van der Waals surface area (Å²) in [5.41, 5.74) is 0.453. The van der Waals surface area contributed by atoms with Crippen LogP contribution in [0.4, 0.5) is 14.9 Å². The van der Waals surface area contributed by atoms with E-state index in [1.54, 1.807) is 17.9 Å². The number of hydrogen-bond acceptors (Lipinski definition) is 2. The Morgan fingerprint density at radius 1 is 1.45 bits per heavy atom. The number of benzene rings is 1. The van der Waals surface area contributed by atoms with Gasteiger partial charge in [-0.25, -0.2) is 9.18 Å². The largest absolute Gasteiger partial charge is 0.491 e. The average molecular weight is 280 g/mol. The van der Waals surface area contributed by atoms with E-state index in [2.05, 4.69) is 12.2 Å². The lowest BCUT2D eigenvalue weighted by atomic mass is 10.00. The van der Waals surface area contributed by atoms with Crippen LogP contribution in [-0.2, 0) is 0 Å². The molecule has 0 spiro atoms. The molecule has 0 atom stereocenters. The molecule has 5 heteroatoms. The van der Waals surface area contributed by atoms with Gasteiger partial charge >= 0.3 is 6.03 Å². The van der Waals surface area contributed by atoms with Gasteiger partial charge in [0.15, 0.2) is 11.6 Å². The number of likely N-dealkylation sites (tertiary alicyclic amines) is 1. The topological polar surface area (TPSA) is 41.6 Å². The summed E-state index contributed by atoms with van der Waals surface area (Å²) in [4.78, 5) is 13.8. The van der Waals surface area contributed by atoms with Crippen LogP contribution in [-0.4, -0.2) is 30.6 Å².